The van der Waals surface area contributed by atoms with Crippen molar-refractivity contribution in [2.24, 2.45) is 0 Å². The molecule has 0 aliphatic carbocycles. The molecule has 1 aliphatic heterocycles. The van der Waals surface area contributed by atoms with E-state index >= 15 is 0 Å². The Bertz CT molecular complexity index is 543. The van der Waals surface area contributed by atoms with E-state index in [0.29, 0.717) is 5.92 Å². The first-order chi connectivity index (χ1) is 10.3. The van der Waals surface area contributed by atoms with Crippen molar-refractivity contribution in [3.8, 4) is 0 Å². The van der Waals surface area contributed by atoms with Crippen molar-refractivity contribution < 1.29 is 0 Å². The van der Waals surface area contributed by atoms with Crippen molar-refractivity contribution in [3.63, 3.8) is 0 Å². The molecule has 1 unspecified atom stereocenters. The number of likely N-dealkylation sites (tertiary alicyclic amines) is 1. The average Bonchev–Trinajstić information content (AvgIpc) is 3.17. The molecule has 1 fully saturated rings. The lowest BCUT2D eigenvalue weighted by Gasteiger charge is -2.20. The van der Waals surface area contributed by atoms with Crippen LogP contribution in [0.1, 0.15) is 37.1 Å². The molecule has 0 amide bonds. The molecule has 2 aromatic rings. The van der Waals surface area contributed by atoms with Gasteiger partial charge in [-0.1, -0.05) is 37.3 Å². The lowest BCUT2D eigenvalue weighted by Crippen LogP contribution is -2.26. The Kier molecular flexibility index (Phi) is 4.65. The molecule has 1 saturated heterocycles. The van der Waals surface area contributed by atoms with Crippen molar-refractivity contribution in [2.45, 2.75) is 38.6 Å². The van der Waals surface area contributed by atoms with Crippen LogP contribution in [0.25, 0.3) is 0 Å². The van der Waals surface area contributed by atoms with Crippen LogP contribution < -0.4 is 0 Å². The van der Waals surface area contributed by atoms with E-state index in [4.69, 9.17) is 0 Å². The smallest absolute Gasteiger partial charge is 0.138 e. The second kappa shape index (κ2) is 6.85. The molecule has 112 valence electrons. The fraction of sp³-hybridized carbons (Fsp3) is 0.529. The number of hydrogen-bond donors (Lipinski definition) is 0. The summed E-state index contributed by atoms with van der Waals surface area (Å²) in [7, 11) is 0. The summed E-state index contributed by atoms with van der Waals surface area (Å²) in [4.78, 5) is 7.04. The summed E-state index contributed by atoms with van der Waals surface area (Å²) in [5, 5.41) is 4.41. The van der Waals surface area contributed by atoms with Crippen LogP contribution in [-0.2, 0) is 13.0 Å². The number of aromatic nitrogens is 3. The van der Waals surface area contributed by atoms with Crippen molar-refractivity contribution in [3.05, 3.63) is 48.0 Å². The van der Waals surface area contributed by atoms with Gasteiger partial charge in [0.2, 0.25) is 0 Å². The van der Waals surface area contributed by atoms with Gasteiger partial charge in [-0.05, 0) is 37.9 Å². The Balaban J connectivity index is 1.60. The number of benzene rings is 1. The highest BCUT2D eigenvalue weighted by Gasteiger charge is 2.19. The maximum atomic E-state index is 4.50. The van der Waals surface area contributed by atoms with Gasteiger partial charge in [0, 0.05) is 19.0 Å². The molecule has 1 atom stereocenters. The van der Waals surface area contributed by atoms with Crippen LogP contribution in [0.5, 0.6) is 0 Å². The van der Waals surface area contributed by atoms with Crippen LogP contribution >= 0.6 is 0 Å². The van der Waals surface area contributed by atoms with E-state index in [1.165, 1.54) is 31.5 Å². The van der Waals surface area contributed by atoms with Crippen LogP contribution in [0.3, 0.4) is 0 Å². The molecule has 1 aromatic heterocycles. The predicted octanol–water partition coefficient (Wildman–Crippen LogP) is 2.72. The first kappa shape index (κ1) is 14.3. The van der Waals surface area contributed by atoms with E-state index in [1.54, 1.807) is 6.33 Å². The number of aryl methyl sites for hydroxylation is 2. The molecule has 4 nitrogen and oxygen atoms in total. The van der Waals surface area contributed by atoms with Crippen molar-refractivity contribution in [1.29, 1.82) is 0 Å². The minimum absolute atomic E-state index is 0.446. The first-order valence-electron chi connectivity index (χ1n) is 7.97. The van der Waals surface area contributed by atoms with E-state index in [9.17, 15) is 0 Å². The van der Waals surface area contributed by atoms with E-state index in [-0.39, 0.29) is 0 Å². The third-order valence-electron chi connectivity index (χ3n) is 4.27. The Morgan fingerprint density at radius 1 is 1.14 bits per heavy atom. The fourth-order valence-electron chi connectivity index (χ4n) is 3.14. The van der Waals surface area contributed by atoms with Crippen LogP contribution in [0.15, 0.2) is 36.7 Å². The van der Waals surface area contributed by atoms with Crippen LogP contribution in [0.2, 0.25) is 0 Å². The summed E-state index contributed by atoms with van der Waals surface area (Å²) in [5.41, 5.74) is 1.35. The van der Waals surface area contributed by atoms with Crippen molar-refractivity contribution >= 4 is 0 Å². The number of nitrogens with zero attached hydrogens (tertiary/aromatic N) is 4. The summed E-state index contributed by atoms with van der Waals surface area (Å²) in [6.07, 6.45) is 5.38. The first-order valence-corrected chi connectivity index (χ1v) is 7.97. The van der Waals surface area contributed by atoms with E-state index in [1.807, 2.05) is 0 Å². The highest BCUT2D eigenvalue weighted by atomic mass is 15.3. The van der Waals surface area contributed by atoms with Gasteiger partial charge >= 0.3 is 0 Å². The Labute approximate surface area is 126 Å². The second-order valence-electron chi connectivity index (χ2n) is 5.99. The molecular formula is C17H24N4. The highest BCUT2D eigenvalue weighted by Crippen LogP contribution is 2.17. The van der Waals surface area contributed by atoms with Gasteiger partial charge in [0.25, 0.3) is 0 Å². The molecule has 0 saturated carbocycles. The summed E-state index contributed by atoms with van der Waals surface area (Å²) in [5.74, 6) is 1.57. The Hall–Kier alpha value is -1.68. The molecule has 0 bridgehead atoms. The lowest BCUT2D eigenvalue weighted by molar-refractivity contribution is 0.312. The molecule has 21 heavy (non-hydrogen) atoms. The molecule has 0 radical (unpaired) electrons. The monoisotopic (exact) mass is 284 g/mol. The minimum atomic E-state index is 0.446. The van der Waals surface area contributed by atoms with Crippen LogP contribution in [0.4, 0.5) is 0 Å². The van der Waals surface area contributed by atoms with Gasteiger partial charge in [0.15, 0.2) is 0 Å². The average molecular weight is 284 g/mol. The van der Waals surface area contributed by atoms with Crippen molar-refractivity contribution in [2.75, 3.05) is 19.6 Å². The zero-order valence-corrected chi connectivity index (χ0v) is 12.8. The fourth-order valence-corrected chi connectivity index (χ4v) is 3.14. The predicted molar refractivity (Wildman–Crippen MR) is 84.3 cm³/mol. The second-order valence-corrected chi connectivity index (χ2v) is 5.99. The normalized spacial score (nSPS) is 17.2. The molecule has 0 spiro atoms. The SMILES string of the molecule is CC(CN1CCCC1)c1ncnn1CCc1ccccc1. The third-order valence-corrected chi connectivity index (χ3v) is 4.27. The van der Waals surface area contributed by atoms with Gasteiger partial charge in [-0.3, -0.25) is 0 Å². The zero-order chi connectivity index (χ0) is 14.5. The number of hydrogen-bond acceptors (Lipinski definition) is 3. The molecule has 1 aliphatic rings. The largest absolute Gasteiger partial charge is 0.303 e. The van der Waals surface area contributed by atoms with E-state index in [2.05, 4.69) is 56.9 Å². The van der Waals surface area contributed by atoms with E-state index in [0.717, 1.165) is 25.3 Å². The maximum Gasteiger partial charge on any atom is 0.138 e. The molecule has 2 heterocycles. The van der Waals surface area contributed by atoms with Crippen LogP contribution in [-0.4, -0.2) is 39.3 Å². The molecule has 4 heteroatoms. The summed E-state index contributed by atoms with van der Waals surface area (Å²) in [6, 6.07) is 10.6. The van der Waals surface area contributed by atoms with Gasteiger partial charge in [-0.25, -0.2) is 9.67 Å². The standard InChI is InChI=1S/C17H24N4/c1-15(13-20-10-5-6-11-20)17-18-14-19-21(17)12-9-16-7-3-2-4-8-16/h2-4,7-8,14-15H,5-6,9-13H2,1H3. The zero-order valence-electron chi connectivity index (χ0n) is 12.8. The quantitative estimate of drug-likeness (QED) is 0.818. The Morgan fingerprint density at radius 2 is 1.90 bits per heavy atom. The van der Waals surface area contributed by atoms with Gasteiger partial charge in [0.05, 0.1) is 0 Å². The van der Waals surface area contributed by atoms with Gasteiger partial charge in [0.1, 0.15) is 12.2 Å². The lowest BCUT2D eigenvalue weighted by atomic mass is 10.1. The summed E-state index contributed by atoms with van der Waals surface area (Å²) in [6.45, 7) is 6.75. The molecule has 0 N–H and O–H groups in total. The molecule has 3 rings (SSSR count). The molecular weight excluding hydrogens is 260 g/mol. The van der Waals surface area contributed by atoms with Crippen molar-refractivity contribution in [1.82, 2.24) is 19.7 Å². The summed E-state index contributed by atoms with van der Waals surface area (Å²) >= 11 is 0. The summed E-state index contributed by atoms with van der Waals surface area (Å²) < 4.78 is 2.08. The van der Waals surface area contributed by atoms with E-state index < -0.39 is 0 Å². The maximum absolute atomic E-state index is 4.50. The van der Waals surface area contributed by atoms with Gasteiger partial charge in [-0.15, -0.1) is 0 Å². The third kappa shape index (κ3) is 3.70. The molecule has 1 aromatic carbocycles. The number of rotatable bonds is 6. The topological polar surface area (TPSA) is 34.0 Å². The minimum Gasteiger partial charge on any atom is -0.303 e. The Morgan fingerprint density at radius 3 is 2.67 bits per heavy atom. The van der Waals surface area contributed by atoms with Crippen LogP contribution in [0, 0.1) is 0 Å². The van der Waals surface area contributed by atoms with Gasteiger partial charge in [-0.2, -0.15) is 5.10 Å². The highest BCUT2D eigenvalue weighted by molar-refractivity contribution is 5.14. The van der Waals surface area contributed by atoms with Gasteiger partial charge < -0.3 is 4.90 Å².